The van der Waals surface area contributed by atoms with Crippen LogP contribution in [0.15, 0.2) is 48.5 Å². The molecule has 0 atom stereocenters. The number of hydrogen-bond acceptors (Lipinski definition) is 2. The van der Waals surface area contributed by atoms with E-state index in [1.807, 2.05) is 30.3 Å². The average molecular weight is 332 g/mol. The van der Waals surface area contributed by atoms with Crippen LogP contribution in [0.5, 0.6) is 0 Å². The summed E-state index contributed by atoms with van der Waals surface area (Å²) in [7, 11) is 0. The molecule has 6 heteroatoms. The summed E-state index contributed by atoms with van der Waals surface area (Å²) in [4.78, 5) is 4.36. The molecule has 0 aliphatic carbocycles. The van der Waals surface area contributed by atoms with Gasteiger partial charge in [0.05, 0.1) is 11.1 Å². The maximum atomic E-state index is 13.5. The second kappa shape index (κ2) is 4.93. The molecule has 2 aromatic heterocycles. The van der Waals surface area contributed by atoms with Gasteiger partial charge in [-0.05, 0) is 23.8 Å². The molecular formula is C16H8Cl2FN3. The predicted octanol–water partition coefficient (Wildman–Crippen LogP) is 5.00. The summed E-state index contributed by atoms with van der Waals surface area (Å²) >= 11 is 12.8. The summed E-state index contributed by atoms with van der Waals surface area (Å²) in [5.74, 6) is -0.358. The molecule has 0 amide bonds. The third-order valence-electron chi connectivity index (χ3n) is 3.47. The van der Waals surface area contributed by atoms with Crippen LogP contribution < -0.4 is 0 Å². The Hall–Kier alpha value is -2.17. The minimum atomic E-state index is -0.358. The summed E-state index contributed by atoms with van der Waals surface area (Å²) in [5.41, 5.74) is 2.49. The van der Waals surface area contributed by atoms with E-state index < -0.39 is 0 Å². The first-order chi connectivity index (χ1) is 10.6. The molecule has 22 heavy (non-hydrogen) atoms. The van der Waals surface area contributed by atoms with Crippen molar-refractivity contribution in [1.29, 1.82) is 0 Å². The summed E-state index contributed by atoms with van der Waals surface area (Å²) in [6.45, 7) is 0. The summed E-state index contributed by atoms with van der Waals surface area (Å²) < 4.78 is 14.9. The van der Waals surface area contributed by atoms with E-state index in [1.165, 1.54) is 16.6 Å². The lowest BCUT2D eigenvalue weighted by Crippen LogP contribution is -1.96. The monoisotopic (exact) mass is 331 g/mol. The fraction of sp³-hybridized carbons (Fsp3) is 0. The maximum Gasteiger partial charge on any atom is 0.166 e. The SMILES string of the molecule is Fc1ccc2nn3c(Cl)c(-c4ccccc4)c(Cl)nc3c2c1. The van der Waals surface area contributed by atoms with E-state index >= 15 is 0 Å². The van der Waals surface area contributed by atoms with Gasteiger partial charge >= 0.3 is 0 Å². The van der Waals surface area contributed by atoms with E-state index in [9.17, 15) is 4.39 Å². The number of hydrogen-bond donors (Lipinski definition) is 0. The molecule has 0 fully saturated rings. The highest BCUT2D eigenvalue weighted by Gasteiger charge is 2.18. The Kier molecular flexibility index (Phi) is 3.03. The van der Waals surface area contributed by atoms with E-state index in [2.05, 4.69) is 10.1 Å². The lowest BCUT2D eigenvalue weighted by molar-refractivity contribution is 0.630. The van der Waals surface area contributed by atoms with Crippen LogP contribution in [0.4, 0.5) is 4.39 Å². The second-order valence-corrected chi connectivity index (χ2v) is 5.55. The fourth-order valence-corrected chi connectivity index (χ4v) is 3.11. The number of halogens is 3. The Balaban J connectivity index is 2.12. The normalized spacial score (nSPS) is 11.4. The van der Waals surface area contributed by atoms with Crippen molar-refractivity contribution in [3.05, 3.63) is 64.7 Å². The number of aromatic nitrogens is 3. The van der Waals surface area contributed by atoms with Gasteiger partial charge in [0, 0.05) is 5.39 Å². The number of benzene rings is 2. The zero-order valence-electron chi connectivity index (χ0n) is 11.1. The lowest BCUT2D eigenvalue weighted by Gasteiger charge is -2.08. The lowest BCUT2D eigenvalue weighted by atomic mass is 10.1. The molecule has 0 saturated carbocycles. The maximum absolute atomic E-state index is 13.5. The van der Waals surface area contributed by atoms with E-state index in [0.717, 1.165) is 5.56 Å². The van der Waals surface area contributed by atoms with Crippen LogP contribution in [-0.4, -0.2) is 14.6 Å². The molecule has 2 aromatic carbocycles. The van der Waals surface area contributed by atoms with E-state index in [0.29, 0.717) is 27.3 Å². The van der Waals surface area contributed by atoms with Crippen LogP contribution >= 0.6 is 23.2 Å². The summed E-state index contributed by atoms with van der Waals surface area (Å²) in [6, 6.07) is 13.8. The quantitative estimate of drug-likeness (QED) is 0.459. The van der Waals surface area contributed by atoms with Crippen LogP contribution in [0, 0.1) is 5.82 Å². The molecule has 4 rings (SSSR count). The van der Waals surface area contributed by atoms with Gasteiger partial charge < -0.3 is 0 Å². The Morgan fingerprint density at radius 1 is 1.00 bits per heavy atom. The van der Waals surface area contributed by atoms with Gasteiger partial charge in [0.2, 0.25) is 0 Å². The number of nitrogens with zero attached hydrogens (tertiary/aromatic N) is 3. The smallest absolute Gasteiger partial charge is 0.166 e. The third kappa shape index (κ3) is 1.95. The number of fused-ring (bicyclic) bond motifs is 3. The average Bonchev–Trinajstić information content (AvgIpc) is 2.87. The van der Waals surface area contributed by atoms with Gasteiger partial charge in [-0.1, -0.05) is 53.5 Å². The molecule has 0 saturated heterocycles. The van der Waals surface area contributed by atoms with Crippen LogP contribution in [0.1, 0.15) is 0 Å². The molecule has 2 heterocycles. The highest BCUT2D eigenvalue weighted by molar-refractivity contribution is 6.38. The van der Waals surface area contributed by atoms with Crippen molar-refractivity contribution >= 4 is 39.8 Å². The topological polar surface area (TPSA) is 30.2 Å². The molecule has 0 radical (unpaired) electrons. The molecule has 4 aromatic rings. The van der Waals surface area contributed by atoms with E-state index in [-0.39, 0.29) is 11.0 Å². The van der Waals surface area contributed by atoms with Gasteiger partial charge in [-0.3, -0.25) is 0 Å². The van der Waals surface area contributed by atoms with Gasteiger partial charge in [-0.2, -0.15) is 5.10 Å². The molecule has 0 aliphatic rings. The first kappa shape index (κ1) is 13.5. The second-order valence-electron chi connectivity index (χ2n) is 4.83. The van der Waals surface area contributed by atoms with Crippen molar-refractivity contribution in [3.63, 3.8) is 0 Å². The van der Waals surface area contributed by atoms with Crippen LogP contribution in [0.2, 0.25) is 10.3 Å². The Morgan fingerprint density at radius 2 is 1.77 bits per heavy atom. The Bertz CT molecular complexity index is 1010. The van der Waals surface area contributed by atoms with Crippen molar-refractivity contribution in [1.82, 2.24) is 14.6 Å². The number of rotatable bonds is 1. The van der Waals surface area contributed by atoms with Gasteiger partial charge in [-0.15, -0.1) is 0 Å². The van der Waals surface area contributed by atoms with Crippen LogP contribution in [0.3, 0.4) is 0 Å². The zero-order chi connectivity index (χ0) is 15.3. The largest absolute Gasteiger partial charge is 0.215 e. The van der Waals surface area contributed by atoms with Crippen molar-refractivity contribution in [2.24, 2.45) is 0 Å². The molecule has 0 aliphatic heterocycles. The standard InChI is InChI=1S/C16H8Cl2FN3/c17-14-13(9-4-2-1-3-5-9)15(18)22-16(20-14)11-8-10(19)6-7-12(11)21-22/h1-8H. The van der Waals surface area contributed by atoms with Crippen LogP contribution in [0.25, 0.3) is 27.7 Å². The van der Waals surface area contributed by atoms with Crippen molar-refractivity contribution in [2.75, 3.05) is 0 Å². The summed E-state index contributed by atoms with van der Waals surface area (Å²) in [5, 5.41) is 5.56. The van der Waals surface area contributed by atoms with E-state index in [4.69, 9.17) is 23.2 Å². The first-order valence-corrected chi connectivity index (χ1v) is 7.29. The fourth-order valence-electron chi connectivity index (χ4n) is 2.47. The van der Waals surface area contributed by atoms with Gasteiger partial charge in [0.15, 0.2) is 5.65 Å². The van der Waals surface area contributed by atoms with Crippen molar-refractivity contribution in [3.8, 4) is 11.1 Å². The minimum absolute atomic E-state index is 0.259. The molecule has 0 bridgehead atoms. The van der Waals surface area contributed by atoms with Crippen molar-refractivity contribution in [2.45, 2.75) is 0 Å². The highest BCUT2D eigenvalue weighted by Crippen LogP contribution is 2.35. The van der Waals surface area contributed by atoms with E-state index in [1.54, 1.807) is 6.07 Å². The Morgan fingerprint density at radius 3 is 2.55 bits per heavy atom. The molecule has 0 unspecified atom stereocenters. The van der Waals surface area contributed by atoms with Gasteiger partial charge in [0.1, 0.15) is 16.1 Å². The molecule has 108 valence electrons. The molecule has 3 nitrogen and oxygen atoms in total. The molecule has 0 spiro atoms. The Labute approximate surface area is 134 Å². The summed E-state index contributed by atoms with van der Waals surface area (Å²) in [6.07, 6.45) is 0. The third-order valence-corrected chi connectivity index (χ3v) is 4.10. The van der Waals surface area contributed by atoms with Gasteiger partial charge in [0.25, 0.3) is 0 Å². The highest BCUT2D eigenvalue weighted by atomic mass is 35.5. The minimum Gasteiger partial charge on any atom is -0.215 e. The van der Waals surface area contributed by atoms with Crippen molar-refractivity contribution < 1.29 is 4.39 Å². The first-order valence-electron chi connectivity index (χ1n) is 6.53. The van der Waals surface area contributed by atoms with Crippen LogP contribution in [-0.2, 0) is 0 Å². The molecule has 0 N–H and O–H groups in total. The predicted molar refractivity (Wildman–Crippen MR) is 85.9 cm³/mol. The zero-order valence-corrected chi connectivity index (χ0v) is 12.6. The molecular weight excluding hydrogens is 324 g/mol. The van der Waals surface area contributed by atoms with Gasteiger partial charge in [-0.25, -0.2) is 13.9 Å².